The Balaban J connectivity index is 4.13. The largest absolute Gasteiger partial charge is 0.485 e. The van der Waals surface area contributed by atoms with E-state index in [4.69, 9.17) is 4.74 Å². The number of hydrogen-bond acceptors (Lipinski definition) is 2. The van der Waals surface area contributed by atoms with E-state index in [2.05, 4.69) is 17.6 Å². The monoisotopic (exact) mass is 155 g/mol. The zero-order valence-corrected chi connectivity index (χ0v) is 7.10. The minimum Gasteiger partial charge on any atom is -0.485 e. The second-order valence-electron chi connectivity index (χ2n) is 2.34. The van der Waals surface area contributed by atoms with Crippen LogP contribution in [-0.2, 0) is 9.53 Å². The summed E-state index contributed by atoms with van der Waals surface area (Å²) in [6.45, 7) is 7.05. The number of carbonyl (C=O) groups excluding carboxylic acids is 1. The molecule has 1 N–H and O–H groups in total. The van der Waals surface area contributed by atoms with E-state index in [9.17, 15) is 4.79 Å². The lowest BCUT2D eigenvalue weighted by Gasteiger charge is -2.07. The van der Waals surface area contributed by atoms with Crippen LogP contribution in [0.5, 0.6) is 0 Å². The van der Waals surface area contributed by atoms with E-state index in [0.29, 0.717) is 0 Å². The first-order chi connectivity index (χ1) is 5.11. The Bertz CT molecular complexity index is 190. The minimum absolute atomic E-state index is 0.0981. The SMILES string of the molecule is C=C=C(OC)C(=O)NC(C)C. The highest BCUT2D eigenvalue weighted by Gasteiger charge is 2.08. The number of amides is 1. The molecule has 0 saturated carbocycles. The van der Waals surface area contributed by atoms with Gasteiger partial charge in [-0.2, -0.15) is 0 Å². The van der Waals surface area contributed by atoms with Gasteiger partial charge in [0.25, 0.3) is 5.91 Å². The molecule has 0 spiro atoms. The molecular formula is C8H13NO2. The summed E-state index contributed by atoms with van der Waals surface area (Å²) in [7, 11) is 1.41. The predicted octanol–water partition coefficient (Wildman–Crippen LogP) is 0.826. The Morgan fingerprint density at radius 1 is 1.64 bits per heavy atom. The average molecular weight is 155 g/mol. The third-order valence-corrected chi connectivity index (χ3v) is 0.991. The van der Waals surface area contributed by atoms with E-state index in [0.717, 1.165) is 0 Å². The van der Waals surface area contributed by atoms with Crippen LogP contribution in [0.25, 0.3) is 0 Å². The second-order valence-corrected chi connectivity index (χ2v) is 2.34. The van der Waals surface area contributed by atoms with Gasteiger partial charge in [0.1, 0.15) is 0 Å². The van der Waals surface area contributed by atoms with Crippen LogP contribution in [0, 0.1) is 0 Å². The fraction of sp³-hybridized carbons (Fsp3) is 0.500. The minimum atomic E-state index is -0.280. The summed E-state index contributed by atoms with van der Waals surface area (Å²) in [4.78, 5) is 11.0. The van der Waals surface area contributed by atoms with E-state index in [-0.39, 0.29) is 17.7 Å². The highest BCUT2D eigenvalue weighted by Crippen LogP contribution is 1.92. The van der Waals surface area contributed by atoms with Gasteiger partial charge < -0.3 is 10.1 Å². The van der Waals surface area contributed by atoms with Crippen molar-refractivity contribution < 1.29 is 9.53 Å². The number of rotatable bonds is 3. The molecule has 0 fully saturated rings. The molecule has 0 unspecified atom stereocenters. The van der Waals surface area contributed by atoms with Gasteiger partial charge in [0.2, 0.25) is 5.76 Å². The Morgan fingerprint density at radius 3 is 2.45 bits per heavy atom. The predicted molar refractivity (Wildman–Crippen MR) is 42.9 cm³/mol. The van der Waals surface area contributed by atoms with Crippen molar-refractivity contribution in [3.05, 3.63) is 18.1 Å². The lowest BCUT2D eigenvalue weighted by Crippen LogP contribution is -2.31. The molecule has 0 heterocycles. The zero-order chi connectivity index (χ0) is 8.85. The summed E-state index contributed by atoms with van der Waals surface area (Å²) in [5, 5.41) is 2.64. The van der Waals surface area contributed by atoms with Gasteiger partial charge in [-0.25, -0.2) is 0 Å². The van der Waals surface area contributed by atoms with Gasteiger partial charge in [0.15, 0.2) is 0 Å². The number of carbonyl (C=O) groups is 1. The highest BCUT2D eigenvalue weighted by molar-refractivity contribution is 5.91. The smallest absolute Gasteiger partial charge is 0.294 e. The summed E-state index contributed by atoms with van der Waals surface area (Å²) in [5.74, 6) is -0.156. The van der Waals surface area contributed by atoms with Gasteiger partial charge in [-0.15, -0.1) is 0 Å². The van der Waals surface area contributed by atoms with Crippen LogP contribution in [0.2, 0.25) is 0 Å². The Morgan fingerprint density at radius 2 is 2.18 bits per heavy atom. The standard InChI is InChI=1S/C8H13NO2/c1-5-7(11-4)8(10)9-6(2)3/h6H,1H2,2-4H3,(H,9,10). The number of methoxy groups -OCH3 is 1. The Hall–Kier alpha value is -1.21. The van der Waals surface area contributed by atoms with E-state index < -0.39 is 0 Å². The molecule has 3 heteroatoms. The molecule has 11 heavy (non-hydrogen) atoms. The third-order valence-electron chi connectivity index (χ3n) is 0.991. The van der Waals surface area contributed by atoms with Crippen molar-refractivity contribution in [3.8, 4) is 0 Å². The first kappa shape index (κ1) is 9.79. The molecule has 0 aromatic carbocycles. The van der Waals surface area contributed by atoms with E-state index in [1.807, 2.05) is 13.8 Å². The van der Waals surface area contributed by atoms with Crippen molar-refractivity contribution in [2.75, 3.05) is 7.11 Å². The lowest BCUT2D eigenvalue weighted by atomic mass is 10.3. The molecule has 0 aliphatic carbocycles. The van der Waals surface area contributed by atoms with Crippen LogP contribution in [0.3, 0.4) is 0 Å². The topological polar surface area (TPSA) is 38.3 Å². The van der Waals surface area contributed by atoms with Crippen LogP contribution in [0.1, 0.15) is 13.8 Å². The summed E-state index contributed by atoms with van der Waals surface area (Å²) >= 11 is 0. The fourth-order valence-electron chi connectivity index (χ4n) is 0.573. The van der Waals surface area contributed by atoms with E-state index in [1.165, 1.54) is 7.11 Å². The molecule has 0 saturated heterocycles. The van der Waals surface area contributed by atoms with Gasteiger partial charge in [0, 0.05) is 6.04 Å². The molecule has 0 bridgehead atoms. The molecule has 0 aromatic heterocycles. The second kappa shape index (κ2) is 4.58. The summed E-state index contributed by atoms with van der Waals surface area (Å²) in [6, 6.07) is 0.0981. The molecule has 3 nitrogen and oxygen atoms in total. The number of nitrogens with one attached hydrogen (secondary N) is 1. The quantitative estimate of drug-likeness (QED) is 0.372. The molecule has 0 atom stereocenters. The maximum absolute atomic E-state index is 11.0. The van der Waals surface area contributed by atoms with Gasteiger partial charge in [-0.3, -0.25) is 4.79 Å². The molecule has 0 aliphatic heterocycles. The zero-order valence-electron chi connectivity index (χ0n) is 7.10. The van der Waals surface area contributed by atoms with Crippen LogP contribution < -0.4 is 5.32 Å². The van der Waals surface area contributed by atoms with Crippen molar-refractivity contribution in [3.63, 3.8) is 0 Å². The van der Waals surface area contributed by atoms with Crippen molar-refractivity contribution in [1.29, 1.82) is 0 Å². The van der Waals surface area contributed by atoms with Gasteiger partial charge in [-0.1, -0.05) is 12.3 Å². The number of ether oxygens (including phenoxy) is 1. The third kappa shape index (κ3) is 3.48. The van der Waals surface area contributed by atoms with Crippen molar-refractivity contribution in [2.45, 2.75) is 19.9 Å². The first-order valence-corrected chi connectivity index (χ1v) is 3.36. The van der Waals surface area contributed by atoms with Crippen LogP contribution >= 0.6 is 0 Å². The van der Waals surface area contributed by atoms with Crippen molar-refractivity contribution in [2.24, 2.45) is 0 Å². The maximum atomic E-state index is 11.0. The average Bonchev–Trinajstić information content (AvgIpc) is 1.88. The van der Waals surface area contributed by atoms with Gasteiger partial charge in [0.05, 0.1) is 7.11 Å². The van der Waals surface area contributed by atoms with Crippen LogP contribution in [-0.4, -0.2) is 19.1 Å². The van der Waals surface area contributed by atoms with Crippen molar-refractivity contribution >= 4 is 5.91 Å². The molecule has 0 radical (unpaired) electrons. The maximum Gasteiger partial charge on any atom is 0.294 e. The van der Waals surface area contributed by atoms with Gasteiger partial charge >= 0.3 is 0 Å². The molecule has 0 aromatic rings. The molecule has 0 rings (SSSR count). The Kier molecular flexibility index (Phi) is 4.08. The van der Waals surface area contributed by atoms with E-state index >= 15 is 0 Å². The molecule has 0 aliphatic rings. The first-order valence-electron chi connectivity index (χ1n) is 3.36. The summed E-state index contributed by atoms with van der Waals surface area (Å²) in [6.07, 6.45) is 0. The fourth-order valence-corrected chi connectivity index (χ4v) is 0.573. The Labute approximate surface area is 66.7 Å². The number of hydrogen-bond donors (Lipinski definition) is 1. The van der Waals surface area contributed by atoms with Crippen LogP contribution in [0.4, 0.5) is 0 Å². The summed E-state index contributed by atoms with van der Waals surface area (Å²) < 4.78 is 4.69. The normalized spacial score (nSPS) is 8.73. The van der Waals surface area contributed by atoms with E-state index in [1.54, 1.807) is 0 Å². The molecular weight excluding hydrogens is 142 g/mol. The van der Waals surface area contributed by atoms with Gasteiger partial charge in [-0.05, 0) is 13.8 Å². The summed E-state index contributed by atoms with van der Waals surface area (Å²) in [5.41, 5.74) is 2.39. The highest BCUT2D eigenvalue weighted by atomic mass is 16.5. The van der Waals surface area contributed by atoms with Crippen LogP contribution in [0.15, 0.2) is 18.1 Å². The van der Waals surface area contributed by atoms with Crippen molar-refractivity contribution in [1.82, 2.24) is 5.32 Å². The molecule has 1 amide bonds. The molecule has 62 valence electrons. The lowest BCUT2D eigenvalue weighted by molar-refractivity contribution is -0.120.